The molecule has 3 heterocycles. The topological polar surface area (TPSA) is 49.9 Å². The van der Waals surface area contributed by atoms with E-state index < -0.39 is 0 Å². The molecule has 0 aliphatic carbocycles. The van der Waals surface area contributed by atoms with Gasteiger partial charge in [0.25, 0.3) is 0 Å². The molecule has 2 aliphatic rings. The van der Waals surface area contributed by atoms with E-state index in [4.69, 9.17) is 21.1 Å². The fourth-order valence-corrected chi connectivity index (χ4v) is 4.56. The number of aromatic nitrogens is 1. The summed E-state index contributed by atoms with van der Waals surface area (Å²) >= 11 is 6.69. The van der Waals surface area contributed by atoms with Gasteiger partial charge in [-0.2, -0.15) is 0 Å². The number of anilines is 3. The zero-order chi connectivity index (χ0) is 21.0. The summed E-state index contributed by atoms with van der Waals surface area (Å²) < 4.78 is 11.0. The predicted octanol–water partition coefficient (Wildman–Crippen LogP) is 4.17. The van der Waals surface area contributed by atoms with Gasteiger partial charge in [-0.05, 0) is 30.3 Å². The van der Waals surface area contributed by atoms with E-state index in [-0.39, 0.29) is 0 Å². The van der Waals surface area contributed by atoms with Crippen molar-refractivity contribution in [2.45, 2.75) is 6.54 Å². The van der Waals surface area contributed by atoms with Crippen molar-refractivity contribution in [3.05, 3.63) is 59.2 Å². The fraction of sp³-hybridized carbons (Fsp3) is 0.375. The summed E-state index contributed by atoms with van der Waals surface area (Å²) in [6.07, 6.45) is 0. The number of halogens is 1. The number of hydrogen-bond donors (Lipinski definition) is 1. The summed E-state index contributed by atoms with van der Waals surface area (Å²) in [6, 6.07) is 16.8. The van der Waals surface area contributed by atoms with Gasteiger partial charge in [-0.3, -0.25) is 0 Å². The minimum Gasteiger partial charge on any atom is -0.381 e. The number of nitrogens with one attached hydrogen (secondary N) is 1. The summed E-state index contributed by atoms with van der Waals surface area (Å²) in [5, 5.41) is 5.24. The van der Waals surface area contributed by atoms with Crippen LogP contribution in [0.25, 0.3) is 10.9 Å². The molecule has 0 bridgehead atoms. The molecule has 0 amide bonds. The van der Waals surface area contributed by atoms with Crippen molar-refractivity contribution in [2.24, 2.45) is 0 Å². The molecule has 6 nitrogen and oxygen atoms in total. The van der Waals surface area contributed by atoms with E-state index in [0.29, 0.717) is 11.7 Å². The number of para-hydroxylation sites is 1. The van der Waals surface area contributed by atoms with Crippen LogP contribution in [-0.2, 0) is 16.0 Å². The van der Waals surface area contributed by atoms with Gasteiger partial charge in [0.2, 0.25) is 0 Å². The Morgan fingerprint density at radius 1 is 0.839 bits per heavy atom. The molecule has 7 heteroatoms. The average Bonchev–Trinajstić information content (AvgIpc) is 2.84. The Balaban J connectivity index is 1.40. The smallest absolute Gasteiger partial charge is 0.136 e. The summed E-state index contributed by atoms with van der Waals surface area (Å²) in [7, 11) is 0. The number of ether oxygens (including phenoxy) is 2. The van der Waals surface area contributed by atoms with Crippen LogP contribution in [0.1, 0.15) is 5.56 Å². The lowest BCUT2D eigenvalue weighted by Crippen LogP contribution is -2.37. The van der Waals surface area contributed by atoms with Crippen molar-refractivity contribution in [1.29, 1.82) is 0 Å². The number of fused-ring (bicyclic) bond motifs is 1. The van der Waals surface area contributed by atoms with Gasteiger partial charge in [-0.25, -0.2) is 4.98 Å². The summed E-state index contributed by atoms with van der Waals surface area (Å²) in [5.41, 5.74) is 5.41. The molecule has 2 saturated heterocycles. The van der Waals surface area contributed by atoms with Crippen molar-refractivity contribution in [2.75, 3.05) is 67.7 Å². The van der Waals surface area contributed by atoms with Crippen molar-refractivity contribution in [3.63, 3.8) is 0 Å². The van der Waals surface area contributed by atoms with E-state index in [1.807, 2.05) is 12.1 Å². The number of hydrogen-bond acceptors (Lipinski definition) is 6. The first kappa shape index (κ1) is 20.4. The zero-order valence-electron chi connectivity index (χ0n) is 17.5. The molecule has 162 valence electrons. The normalized spacial score (nSPS) is 17.2. The lowest BCUT2D eigenvalue weighted by Gasteiger charge is -2.32. The van der Waals surface area contributed by atoms with Crippen LogP contribution in [-0.4, -0.2) is 57.6 Å². The van der Waals surface area contributed by atoms with Gasteiger partial charge in [0.15, 0.2) is 0 Å². The maximum absolute atomic E-state index is 6.69. The Morgan fingerprint density at radius 3 is 2.19 bits per heavy atom. The minimum atomic E-state index is 0.553. The molecule has 0 radical (unpaired) electrons. The van der Waals surface area contributed by atoms with Crippen LogP contribution < -0.4 is 15.1 Å². The van der Waals surface area contributed by atoms with Gasteiger partial charge in [0, 0.05) is 55.0 Å². The largest absolute Gasteiger partial charge is 0.381 e. The standard InChI is InChI=1S/C24H27ClN4O2/c25-24-21(17-26-18-5-7-19(8-6-18)28-9-13-30-14-10-28)23(29-11-15-31-16-12-29)20-3-1-2-4-22(20)27-24/h1-8,26H,9-17H2. The molecule has 2 aliphatic heterocycles. The van der Waals surface area contributed by atoms with Crippen molar-refractivity contribution >= 4 is 39.6 Å². The van der Waals surface area contributed by atoms with Gasteiger partial charge in [-0.1, -0.05) is 29.8 Å². The minimum absolute atomic E-state index is 0.553. The monoisotopic (exact) mass is 438 g/mol. The fourth-order valence-electron chi connectivity index (χ4n) is 4.31. The lowest BCUT2D eigenvalue weighted by molar-refractivity contribution is 0.122. The highest BCUT2D eigenvalue weighted by atomic mass is 35.5. The maximum Gasteiger partial charge on any atom is 0.136 e. The van der Waals surface area contributed by atoms with E-state index in [1.165, 1.54) is 5.69 Å². The third-order valence-corrected chi connectivity index (χ3v) is 6.27. The number of morpholine rings is 2. The Bertz CT molecular complexity index is 1030. The second-order valence-corrected chi connectivity index (χ2v) is 8.20. The van der Waals surface area contributed by atoms with E-state index >= 15 is 0 Å². The lowest BCUT2D eigenvalue weighted by atomic mass is 10.1. The van der Waals surface area contributed by atoms with Crippen LogP contribution >= 0.6 is 11.6 Å². The average molecular weight is 439 g/mol. The molecule has 0 saturated carbocycles. The molecule has 1 aromatic heterocycles. The molecule has 0 atom stereocenters. The number of pyridine rings is 1. The first-order valence-corrected chi connectivity index (χ1v) is 11.2. The first-order chi connectivity index (χ1) is 15.3. The number of benzene rings is 2. The van der Waals surface area contributed by atoms with Crippen LogP contribution in [0.15, 0.2) is 48.5 Å². The Labute approximate surface area is 187 Å². The summed E-state index contributed by atoms with van der Waals surface area (Å²) in [5.74, 6) is 0. The van der Waals surface area contributed by atoms with Gasteiger partial charge in [0.05, 0.1) is 37.6 Å². The highest BCUT2D eigenvalue weighted by Crippen LogP contribution is 2.35. The Hall–Kier alpha value is -2.54. The van der Waals surface area contributed by atoms with Crippen molar-refractivity contribution < 1.29 is 9.47 Å². The second kappa shape index (κ2) is 9.30. The predicted molar refractivity (Wildman–Crippen MR) is 127 cm³/mol. The van der Waals surface area contributed by atoms with Crippen LogP contribution in [0.3, 0.4) is 0 Å². The van der Waals surface area contributed by atoms with E-state index in [0.717, 1.165) is 80.4 Å². The van der Waals surface area contributed by atoms with E-state index in [2.05, 4.69) is 56.5 Å². The Kier molecular flexibility index (Phi) is 6.11. The van der Waals surface area contributed by atoms with Gasteiger partial charge in [0.1, 0.15) is 5.15 Å². The van der Waals surface area contributed by atoms with Crippen LogP contribution in [0.5, 0.6) is 0 Å². The van der Waals surface area contributed by atoms with Crippen LogP contribution in [0.2, 0.25) is 5.15 Å². The van der Waals surface area contributed by atoms with Crippen molar-refractivity contribution in [3.8, 4) is 0 Å². The van der Waals surface area contributed by atoms with Crippen LogP contribution in [0, 0.1) is 0 Å². The molecule has 3 aromatic rings. The zero-order valence-corrected chi connectivity index (χ0v) is 18.3. The molecule has 0 unspecified atom stereocenters. The van der Waals surface area contributed by atoms with Gasteiger partial charge < -0.3 is 24.6 Å². The highest BCUT2D eigenvalue weighted by molar-refractivity contribution is 6.31. The third-order valence-electron chi connectivity index (χ3n) is 5.95. The molecule has 0 spiro atoms. The number of nitrogens with zero attached hydrogens (tertiary/aromatic N) is 3. The quantitative estimate of drug-likeness (QED) is 0.603. The van der Waals surface area contributed by atoms with Crippen molar-refractivity contribution in [1.82, 2.24) is 4.98 Å². The first-order valence-electron chi connectivity index (χ1n) is 10.9. The van der Waals surface area contributed by atoms with Gasteiger partial charge in [-0.15, -0.1) is 0 Å². The van der Waals surface area contributed by atoms with E-state index in [1.54, 1.807) is 0 Å². The van der Waals surface area contributed by atoms with Gasteiger partial charge >= 0.3 is 0 Å². The van der Waals surface area contributed by atoms with Crippen LogP contribution in [0.4, 0.5) is 17.1 Å². The highest BCUT2D eigenvalue weighted by Gasteiger charge is 2.21. The molecular formula is C24H27ClN4O2. The maximum atomic E-state index is 6.69. The second-order valence-electron chi connectivity index (χ2n) is 7.85. The molecule has 2 aromatic carbocycles. The molecule has 2 fully saturated rings. The summed E-state index contributed by atoms with van der Waals surface area (Å²) in [4.78, 5) is 9.40. The Morgan fingerprint density at radius 2 is 1.48 bits per heavy atom. The molecule has 1 N–H and O–H groups in total. The number of rotatable bonds is 5. The molecule has 5 rings (SSSR count). The summed E-state index contributed by atoms with van der Waals surface area (Å²) in [6.45, 7) is 7.23. The third kappa shape index (κ3) is 4.42. The SMILES string of the molecule is Clc1nc2ccccc2c(N2CCOCC2)c1CNc1ccc(N2CCOCC2)cc1. The van der Waals surface area contributed by atoms with E-state index in [9.17, 15) is 0 Å². The molecular weight excluding hydrogens is 412 g/mol. The molecule has 31 heavy (non-hydrogen) atoms.